The summed E-state index contributed by atoms with van der Waals surface area (Å²) in [6.07, 6.45) is -1.93. The molecule has 0 spiro atoms. The van der Waals surface area contributed by atoms with Crippen LogP contribution in [0.1, 0.15) is 127 Å². The largest absolute Gasteiger partial charge is 0.481 e. The van der Waals surface area contributed by atoms with Crippen molar-refractivity contribution >= 4 is 47.2 Å². The third-order valence-corrected chi connectivity index (χ3v) is 13.5. The summed E-state index contributed by atoms with van der Waals surface area (Å²) in [4.78, 5) is 103. The van der Waals surface area contributed by atoms with Gasteiger partial charge in [0.15, 0.2) is 17.7 Å². The van der Waals surface area contributed by atoms with Crippen molar-refractivity contribution in [2.45, 2.75) is 150 Å². The van der Waals surface area contributed by atoms with E-state index in [-0.39, 0.29) is 43.7 Å². The molecule has 4 aliphatic rings. The Kier molecular flexibility index (Phi) is 11.6. The summed E-state index contributed by atoms with van der Waals surface area (Å²) in [5, 5.41) is 30.6. The molecule has 0 aromatic heterocycles. The van der Waals surface area contributed by atoms with Gasteiger partial charge in [-0.2, -0.15) is 0 Å². The minimum atomic E-state index is -2.14. The van der Waals surface area contributed by atoms with E-state index in [0.29, 0.717) is 6.42 Å². The minimum Gasteiger partial charge on any atom is -0.481 e. The average Bonchev–Trinajstić information content (AvgIpc) is 3.26. The molecule has 0 bridgehead atoms. The first-order chi connectivity index (χ1) is 24.6. The standard InChI is InChI=1S/C40H56O14/c1-21(41)54-35(2,3)17-16-27(42)40(9,51)33-25(53-32(49)15-13-30(46)47)19-37(6)26-11-10-22-23(39(26,8)28(43)20-38(33,37)7)18-24(34(50)36(22,4)5)52-31(48)14-12-29(44)45/h10,23-26,33,51H,11-20H2,1-9H3,(H,44,45)(H,46,47)/t23-,24+,25-,26+,33+,37+,38-,39+,40+/m1/s1. The molecule has 0 unspecified atom stereocenters. The van der Waals surface area contributed by atoms with Gasteiger partial charge < -0.3 is 29.5 Å². The maximum absolute atomic E-state index is 14.9. The number of hydrogen-bond acceptors (Lipinski definition) is 12. The van der Waals surface area contributed by atoms with Gasteiger partial charge in [0.2, 0.25) is 0 Å². The highest BCUT2D eigenvalue weighted by Crippen LogP contribution is 2.74. The Morgan fingerprint density at radius 3 is 1.93 bits per heavy atom. The molecule has 4 aliphatic carbocycles. The van der Waals surface area contributed by atoms with Gasteiger partial charge in [0.05, 0.1) is 25.7 Å². The second-order valence-electron chi connectivity index (χ2n) is 17.8. The molecule has 9 atom stereocenters. The summed E-state index contributed by atoms with van der Waals surface area (Å²) in [7, 11) is 0. The van der Waals surface area contributed by atoms with E-state index in [1.807, 2.05) is 26.8 Å². The van der Waals surface area contributed by atoms with Crippen molar-refractivity contribution in [1.29, 1.82) is 0 Å². The highest BCUT2D eigenvalue weighted by Gasteiger charge is 2.75. The number of carboxylic acid groups (broad SMARTS) is 2. The number of rotatable bonds is 14. The first-order valence-electron chi connectivity index (χ1n) is 18.7. The van der Waals surface area contributed by atoms with Crippen LogP contribution in [0.2, 0.25) is 0 Å². The van der Waals surface area contributed by atoms with Crippen LogP contribution in [0, 0.1) is 39.4 Å². The number of carbonyl (C=O) groups is 8. The maximum Gasteiger partial charge on any atom is 0.307 e. The zero-order valence-corrected chi connectivity index (χ0v) is 32.9. The van der Waals surface area contributed by atoms with E-state index < -0.39 is 124 Å². The van der Waals surface area contributed by atoms with Crippen LogP contribution in [0.25, 0.3) is 0 Å². The maximum atomic E-state index is 14.9. The highest BCUT2D eigenvalue weighted by molar-refractivity contribution is 5.96. The molecule has 3 fully saturated rings. The van der Waals surface area contributed by atoms with Crippen molar-refractivity contribution in [3.8, 4) is 0 Å². The fourth-order valence-electron chi connectivity index (χ4n) is 10.7. The molecule has 4 rings (SSSR count). The van der Waals surface area contributed by atoms with Crippen LogP contribution in [0.3, 0.4) is 0 Å². The lowest BCUT2D eigenvalue weighted by Crippen LogP contribution is -2.65. The van der Waals surface area contributed by atoms with Crippen LogP contribution in [0.5, 0.6) is 0 Å². The minimum absolute atomic E-state index is 0.00376. The van der Waals surface area contributed by atoms with E-state index in [1.165, 1.54) is 13.8 Å². The summed E-state index contributed by atoms with van der Waals surface area (Å²) >= 11 is 0. The van der Waals surface area contributed by atoms with E-state index in [2.05, 4.69) is 0 Å². The van der Waals surface area contributed by atoms with Crippen molar-refractivity contribution in [3.63, 3.8) is 0 Å². The van der Waals surface area contributed by atoms with Gasteiger partial charge in [0, 0.05) is 36.5 Å². The fraction of sp³-hybridized carbons (Fsp3) is 0.750. The number of carboxylic acids is 2. The second kappa shape index (κ2) is 14.6. The number of aliphatic hydroxyl groups is 1. The molecule has 14 heteroatoms. The van der Waals surface area contributed by atoms with Crippen LogP contribution < -0.4 is 0 Å². The lowest BCUT2D eigenvalue weighted by atomic mass is 9.38. The zero-order valence-electron chi connectivity index (χ0n) is 32.9. The molecule has 3 N–H and O–H groups in total. The Hall–Kier alpha value is -3.94. The topological polar surface area (TPSA) is 225 Å². The Labute approximate surface area is 315 Å². The Bertz CT molecular complexity index is 1650. The van der Waals surface area contributed by atoms with Crippen molar-refractivity contribution in [1.82, 2.24) is 0 Å². The summed E-state index contributed by atoms with van der Waals surface area (Å²) in [5.74, 6) is -7.84. The fourth-order valence-corrected chi connectivity index (χ4v) is 10.7. The number of allylic oxidation sites excluding steroid dienone is 2. The van der Waals surface area contributed by atoms with Crippen LogP contribution in [0.15, 0.2) is 11.6 Å². The van der Waals surface area contributed by atoms with Crippen molar-refractivity contribution in [2.24, 2.45) is 39.4 Å². The number of fused-ring (bicyclic) bond motifs is 5. The first kappa shape index (κ1) is 42.8. The molecular weight excluding hydrogens is 704 g/mol. The molecule has 0 radical (unpaired) electrons. The second-order valence-corrected chi connectivity index (χ2v) is 17.8. The van der Waals surface area contributed by atoms with Gasteiger partial charge in [-0.05, 0) is 83.0 Å². The third-order valence-electron chi connectivity index (χ3n) is 13.5. The molecule has 0 amide bonds. The number of ketones is 3. The first-order valence-corrected chi connectivity index (χ1v) is 18.7. The monoisotopic (exact) mass is 760 g/mol. The van der Waals surface area contributed by atoms with Gasteiger partial charge >= 0.3 is 29.8 Å². The normalized spacial score (nSPS) is 33.9. The predicted molar refractivity (Wildman–Crippen MR) is 189 cm³/mol. The average molecular weight is 761 g/mol. The number of aliphatic carboxylic acids is 2. The molecule has 0 saturated heterocycles. The number of ether oxygens (including phenoxy) is 3. The summed E-state index contributed by atoms with van der Waals surface area (Å²) in [5.41, 5.74) is -6.68. The van der Waals surface area contributed by atoms with Crippen molar-refractivity contribution in [2.75, 3.05) is 0 Å². The molecule has 0 heterocycles. The number of hydrogen-bond donors (Lipinski definition) is 3. The quantitative estimate of drug-likeness (QED) is 0.125. The smallest absolute Gasteiger partial charge is 0.307 e. The lowest BCUT2D eigenvalue weighted by Gasteiger charge is -2.64. The molecule has 54 heavy (non-hydrogen) atoms. The molecule has 3 saturated carbocycles. The zero-order chi connectivity index (χ0) is 41.0. The van der Waals surface area contributed by atoms with E-state index in [4.69, 9.17) is 19.3 Å². The van der Waals surface area contributed by atoms with E-state index in [1.54, 1.807) is 27.7 Å². The van der Waals surface area contributed by atoms with Gasteiger partial charge in [0.1, 0.15) is 23.1 Å². The number of Topliss-reactive ketones (excluding diaryl/α,β-unsaturated/α-hetero) is 3. The SMILES string of the molecule is CC(=O)OC(C)(C)CCC(=O)[C@](C)(O)[C@H]1[C@H](OC(=O)CCC(=O)O)C[C@@]2(C)[C@@H]3CC=C4[C@@H](C[C@H](OC(=O)CCC(=O)O)C(=O)C4(C)C)[C@]3(C)C(=O)C[C@]12C. The predicted octanol–water partition coefficient (Wildman–Crippen LogP) is 4.55. The molecule has 0 aromatic carbocycles. The van der Waals surface area contributed by atoms with Gasteiger partial charge in [-0.15, -0.1) is 0 Å². The van der Waals surface area contributed by atoms with Crippen molar-refractivity contribution < 1.29 is 67.9 Å². The Morgan fingerprint density at radius 1 is 0.833 bits per heavy atom. The molecule has 0 aromatic rings. The van der Waals surface area contributed by atoms with Gasteiger partial charge in [-0.3, -0.25) is 38.4 Å². The summed E-state index contributed by atoms with van der Waals surface area (Å²) in [6, 6.07) is 0. The summed E-state index contributed by atoms with van der Waals surface area (Å²) < 4.78 is 16.9. The number of carbonyl (C=O) groups excluding carboxylic acids is 6. The van der Waals surface area contributed by atoms with Crippen LogP contribution in [-0.4, -0.2) is 85.9 Å². The van der Waals surface area contributed by atoms with E-state index >= 15 is 0 Å². The van der Waals surface area contributed by atoms with Crippen LogP contribution in [0.4, 0.5) is 0 Å². The van der Waals surface area contributed by atoms with E-state index in [0.717, 1.165) is 5.57 Å². The van der Waals surface area contributed by atoms with Crippen LogP contribution >= 0.6 is 0 Å². The van der Waals surface area contributed by atoms with E-state index in [9.17, 15) is 48.6 Å². The van der Waals surface area contributed by atoms with Crippen LogP contribution in [-0.2, 0) is 52.6 Å². The Balaban J connectivity index is 1.77. The van der Waals surface area contributed by atoms with Gasteiger partial charge in [-0.25, -0.2) is 0 Å². The molecule has 0 aliphatic heterocycles. The van der Waals surface area contributed by atoms with Gasteiger partial charge in [0.25, 0.3) is 0 Å². The van der Waals surface area contributed by atoms with Gasteiger partial charge in [-0.1, -0.05) is 32.4 Å². The molecule has 14 nitrogen and oxygen atoms in total. The summed E-state index contributed by atoms with van der Waals surface area (Å²) in [6.45, 7) is 15.0. The third kappa shape index (κ3) is 7.51. The molecular formula is C40H56O14. The van der Waals surface area contributed by atoms with Crippen molar-refractivity contribution in [3.05, 3.63) is 11.6 Å². The highest BCUT2D eigenvalue weighted by atomic mass is 16.6. The lowest BCUT2D eigenvalue weighted by molar-refractivity contribution is -0.188. The number of esters is 3. The molecule has 300 valence electrons. The Morgan fingerprint density at radius 2 is 1.39 bits per heavy atom.